The van der Waals surface area contributed by atoms with Gasteiger partial charge in [0.2, 0.25) is 0 Å². The van der Waals surface area contributed by atoms with Crippen LogP contribution in [-0.4, -0.2) is 11.9 Å². The van der Waals surface area contributed by atoms with Crippen molar-refractivity contribution in [2.24, 2.45) is 0 Å². The van der Waals surface area contributed by atoms with E-state index in [0.29, 0.717) is 0 Å². The van der Waals surface area contributed by atoms with Crippen LogP contribution in [0.25, 0.3) is 0 Å². The van der Waals surface area contributed by atoms with Crippen molar-refractivity contribution in [3.63, 3.8) is 0 Å². The first-order valence-electron chi connectivity index (χ1n) is 3.58. The summed E-state index contributed by atoms with van der Waals surface area (Å²) >= 11 is 0. The molecule has 0 unspecified atom stereocenters. The van der Waals surface area contributed by atoms with Gasteiger partial charge in [0.15, 0.2) is 0 Å². The van der Waals surface area contributed by atoms with Crippen molar-refractivity contribution in [1.82, 2.24) is 0 Å². The van der Waals surface area contributed by atoms with Gasteiger partial charge in [-0.05, 0) is 18.2 Å². The van der Waals surface area contributed by atoms with Crippen molar-refractivity contribution in [2.45, 2.75) is 6.92 Å². The van der Waals surface area contributed by atoms with Gasteiger partial charge in [-0.25, -0.2) is 9.18 Å². The summed E-state index contributed by atoms with van der Waals surface area (Å²) in [5, 5.41) is 0. The van der Waals surface area contributed by atoms with Crippen LogP contribution in [0.5, 0.6) is 0 Å². The first-order valence-corrected chi connectivity index (χ1v) is 3.58. The van der Waals surface area contributed by atoms with Crippen molar-refractivity contribution in [3.05, 3.63) is 35.6 Å². The molecular formula is C9H7FO3. The molecule has 0 aromatic heterocycles. The fourth-order valence-corrected chi connectivity index (χ4v) is 0.805. The predicted molar refractivity (Wildman–Crippen MR) is 42.5 cm³/mol. The topological polar surface area (TPSA) is 43.4 Å². The van der Waals surface area contributed by atoms with Crippen LogP contribution in [0.15, 0.2) is 24.3 Å². The molecule has 0 heterocycles. The summed E-state index contributed by atoms with van der Waals surface area (Å²) in [5.41, 5.74) is 0.0233. The number of esters is 2. The highest BCUT2D eigenvalue weighted by atomic mass is 19.1. The Balaban J connectivity index is 2.83. The highest BCUT2D eigenvalue weighted by Crippen LogP contribution is 2.04. The number of rotatable bonds is 1. The molecule has 1 aromatic rings. The van der Waals surface area contributed by atoms with Crippen molar-refractivity contribution in [2.75, 3.05) is 0 Å². The van der Waals surface area contributed by atoms with Crippen molar-refractivity contribution in [3.8, 4) is 0 Å². The Kier molecular flexibility index (Phi) is 2.74. The third kappa shape index (κ3) is 2.66. The Morgan fingerprint density at radius 3 is 2.62 bits per heavy atom. The molecule has 0 spiro atoms. The van der Waals surface area contributed by atoms with Crippen LogP contribution in [0.3, 0.4) is 0 Å². The Morgan fingerprint density at radius 1 is 1.38 bits per heavy atom. The first-order chi connectivity index (χ1) is 6.09. The smallest absolute Gasteiger partial charge is 0.345 e. The lowest BCUT2D eigenvalue weighted by molar-refractivity contribution is -0.135. The van der Waals surface area contributed by atoms with Gasteiger partial charge in [0.25, 0.3) is 0 Å². The quantitative estimate of drug-likeness (QED) is 0.488. The van der Waals surface area contributed by atoms with Crippen LogP contribution in [-0.2, 0) is 9.53 Å². The zero-order chi connectivity index (χ0) is 9.84. The minimum atomic E-state index is -0.841. The third-order valence-corrected chi connectivity index (χ3v) is 1.30. The third-order valence-electron chi connectivity index (χ3n) is 1.30. The monoisotopic (exact) mass is 182 g/mol. The van der Waals surface area contributed by atoms with E-state index in [4.69, 9.17) is 0 Å². The summed E-state index contributed by atoms with van der Waals surface area (Å²) < 4.78 is 16.8. The minimum absolute atomic E-state index is 0.0233. The average molecular weight is 182 g/mol. The maximum absolute atomic E-state index is 12.6. The van der Waals surface area contributed by atoms with Crippen molar-refractivity contribution >= 4 is 11.9 Å². The Hall–Kier alpha value is -1.71. The molecule has 1 aromatic carbocycles. The highest BCUT2D eigenvalue weighted by Gasteiger charge is 2.09. The standard InChI is InChI=1S/C9H7FO3/c1-6(11)13-9(12)7-3-2-4-8(10)5-7/h2-5H,1H3. The van der Waals surface area contributed by atoms with Crippen LogP contribution in [0.2, 0.25) is 0 Å². The lowest BCUT2D eigenvalue weighted by Gasteiger charge is -1.98. The number of halogens is 1. The highest BCUT2D eigenvalue weighted by molar-refractivity contribution is 5.96. The van der Waals surface area contributed by atoms with E-state index in [1.165, 1.54) is 18.2 Å². The molecular weight excluding hydrogens is 175 g/mol. The van der Waals surface area contributed by atoms with Crippen LogP contribution in [0, 0.1) is 5.82 Å². The van der Waals surface area contributed by atoms with Crippen LogP contribution in [0.1, 0.15) is 17.3 Å². The van der Waals surface area contributed by atoms with Gasteiger partial charge in [-0.15, -0.1) is 0 Å². The van der Waals surface area contributed by atoms with E-state index in [-0.39, 0.29) is 5.56 Å². The normalized spacial score (nSPS) is 9.38. The van der Waals surface area contributed by atoms with E-state index < -0.39 is 17.8 Å². The number of hydrogen-bond donors (Lipinski definition) is 0. The van der Waals surface area contributed by atoms with E-state index in [0.717, 1.165) is 13.0 Å². The molecule has 1 rings (SSSR count). The number of ether oxygens (including phenoxy) is 1. The molecule has 68 valence electrons. The number of benzene rings is 1. The average Bonchev–Trinajstić information content (AvgIpc) is 2.03. The molecule has 0 aliphatic rings. The SMILES string of the molecule is CC(=O)OC(=O)c1cccc(F)c1. The zero-order valence-electron chi connectivity index (χ0n) is 6.91. The van der Waals surface area contributed by atoms with Gasteiger partial charge in [-0.3, -0.25) is 4.79 Å². The number of carbonyl (C=O) groups excluding carboxylic acids is 2. The van der Waals surface area contributed by atoms with E-state index >= 15 is 0 Å². The molecule has 0 N–H and O–H groups in total. The van der Waals surface area contributed by atoms with Gasteiger partial charge in [0, 0.05) is 6.92 Å². The predicted octanol–water partition coefficient (Wildman–Crippen LogP) is 1.53. The van der Waals surface area contributed by atoms with Gasteiger partial charge in [0.1, 0.15) is 5.82 Å². The number of hydrogen-bond acceptors (Lipinski definition) is 3. The Bertz CT molecular complexity index is 346. The molecule has 0 bridgehead atoms. The zero-order valence-corrected chi connectivity index (χ0v) is 6.91. The summed E-state index contributed by atoms with van der Waals surface area (Å²) in [4.78, 5) is 21.4. The fraction of sp³-hybridized carbons (Fsp3) is 0.111. The first kappa shape index (κ1) is 9.38. The summed E-state index contributed by atoms with van der Waals surface area (Å²) in [6, 6.07) is 4.94. The Morgan fingerprint density at radius 2 is 2.08 bits per heavy atom. The molecule has 13 heavy (non-hydrogen) atoms. The second-order valence-corrected chi connectivity index (χ2v) is 2.39. The van der Waals surface area contributed by atoms with Gasteiger partial charge in [-0.1, -0.05) is 6.07 Å². The summed E-state index contributed by atoms with van der Waals surface area (Å²) in [6.45, 7) is 1.11. The van der Waals surface area contributed by atoms with Gasteiger partial charge in [0.05, 0.1) is 5.56 Å². The Labute approximate surface area is 74.1 Å². The molecule has 3 nitrogen and oxygen atoms in total. The van der Waals surface area contributed by atoms with Gasteiger partial charge < -0.3 is 4.74 Å². The molecule has 0 saturated heterocycles. The van der Waals surface area contributed by atoms with Crippen LogP contribution < -0.4 is 0 Å². The molecule has 0 fully saturated rings. The molecule has 4 heteroatoms. The van der Waals surface area contributed by atoms with E-state index in [1.54, 1.807) is 0 Å². The summed E-state index contributed by atoms with van der Waals surface area (Å²) in [6.07, 6.45) is 0. The second-order valence-electron chi connectivity index (χ2n) is 2.39. The van der Waals surface area contributed by atoms with Crippen LogP contribution in [0.4, 0.5) is 4.39 Å². The molecule has 0 aliphatic carbocycles. The molecule has 0 radical (unpaired) electrons. The van der Waals surface area contributed by atoms with Crippen molar-refractivity contribution in [1.29, 1.82) is 0 Å². The summed E-state index contributed by atoms with van der Waals surface area (Å²) in [7, 11) is 0. The fourth-order valence-electron chi connectivity index (χ4n) is 0.805. The van der Waals surface area contributed by atoms with Crippen LogP contribution >= 0.6 is 0 Å². The molecule has 0 amide bonds. The minimum Gasteiger partial charge on any atom is -0.390 e. The lowest BCUT2D eigenvalue weighted by Crippen LogP contribution is -2.09. The molecule has 0 aliphatic heterocycles. The lowest BCUT2D eigenvalue weighted by atomic mass is 10.2. The maximum Gasteiger partial charge on any atom is 0.345 e. The van der Waals surface area contributed by atoms with E-state index in [9.17, 15) is 14.0 Å². The second kappa shape index (κ2) is 3.80. The maximum atomic E-state index is 12.6. The number of carbonyl (C=O) groups is 2. The summed E-state index contributed by atoms with van der Waals surface area (Å²) in [5.74, 6) is -2.10. The van der Waals surface area contributed by atoms with E-state index in [2.05, 4.69) is 4.74 Å². The molecule has 0 atom stereocenters. The van der Waals surface area contributed by atoms with Crippen molar-refractivity contribution < 1.29 is 18.7 Å². The van der Waals surface area contributed by atoms with Gasteiger partial charge in [-0.2, -0.15) is 0 Å². The van der Waals surface area contributed by atoms with E-state index in [1.807, 2.05) is 0 Å². The molecule has 0 saturated carbocycles. The van der Waals surface area contributed by atoms with Gasteiger partial charge >= 0.3 is 11.9 Å². The largest absolute Gasteiger partial charge is 0.390 e.